The first-order chi connectivity index (χ1) is 8.19. The van der Waals surface area contributed by atoms with Gasteiger partial charge in [-0.2, -0.15) is 5.26 Å². The van der Waals surface area contributed by atoms with Crippen molar-refractivity contribution < 1.29 is 9.84 Å². The second-order valence-corrected chi connectivity index (χ2v) is 4.02. The average Bonchev–Trinajstić information content (AvgIpc) is 2.34. The number of aliphatic hydroxyl groups excluding tert-OH is 1. The SMILES string of the molecule is CC(C)C(=Cc1ccccc1OCC#N)CO. The minimum Gasteiger partial charge on any atom is -0.478 e. The molecule has 3 heteroatoms. The zero-order valence-corrected chi connectivity index (χ0v) is 10.2. The first-order valence-electron chi connectivity index (χ1n) is 5.59. The molecule has 0 unspecified atom stereocenters. The van der Waals surface area contributed by atoms with Crippen LogP contribution in [0.5, 0.6) is 5.75 Å². The van der Waals surface area contributed by atoms with Crippen LogP contribution in [0.15, 0.2) is 29.8 Å². The highest BCUT2D eigenvalue weighted by atomic mass is 16.5. The van der Waals surface area contributed by atoms with E-state index in [0.717, 1.165) is 11.1 Å². The minimum atomic E-state index is 0.0288. The Bertz CT molecular complexity index is 430. The monoisotopic (exact) mass is 231 g/mol. The molecule has 0 aromatic heterocycles. The first kappa shape index (κ1) is 13.3. The molecule has 17 heavy (non-hydrogen) atoms. The van der Waals surface area contributed by atoms with Crippen molar-refractivity contribution in [1.82, 2.24) is 0 Å². The van der Waals surface area contributed by atoms with Crippen LogP contribution in [-0.4, -0.2) is 18.3 Å². The standard InChI is InChI=1S/C14H17NO2/c1-11(2)13(10-16)9-12-5-3-4-6-14(12)17-8-7-15/h3-6,9,11,16H,8,10H2,1-2H3. The van der Waals surface area contributed by atoms with E-state index in [-0.39, 0.29) is 19.1 Å². The number of ether oxygens (including phenoxy) is 1. The second kappa shape index (κ2) is 6.72. The number of rotatable bonds is 5. The third-order valence-electron chi connectivity index (χ3n) is 2.48. The number of hydrogen-bond donors (Lipinski definition) is 1. The predicted molar refractivity (Wildman–Crippen MR) is 67.5 cm³/mol. The summed E-state index contributed by atoms with van der Waals surface area (Å²) in [6.45, 7) is 4.12. The van der Waals surface area contributed by atoms with Crippen LogP contribution in [0.1, 0.15) is 19.4 Å². The molecule has 90 valence electrons. The van der Waals surface area contributed by atoms with Gasteiger partial charge in [-0.1, -0.05) is 32.0 Å². The molecule has 1 aromatic rings. The highest BCUT2D eigenvalue weighted by Gasteiger charge is 2.05. The zero-order valence-electron chi connectivity index (χ0n) is 10.2. The Morgan fingerprint density at radius 2 is 2.18 bits per heavy atom. The maximum absolute atomic E-state index is 9.26. The molecule has 0 saturated carbocycles. The predicted octanol–water partition coefficient (Wildman–Crippen LogP) is 2.62. The van der Waals surface area contributed by atoms with Crippen LogP contribution in [0.4, 0.5) is 0 Å². The lowest BCUT2D eigenvalue weighted by atomic mass is 10.0. The molecule has 0 heterocycles. The second-order valence-electron chi connectivity index (χ2n) is 4.02. The van der Waals surface area contributed by atoms with E-state index in [0.29, 0.717) is 5.75 Å². The van der Waals surface area contributed by atoms with E-state index in [9.17, 15) is 5.11 Å². The maximum atomic E-state index is 9.26. The van der Waals surface area contributed by atoms with Crippen LogP contribution in [0, 0.1) is 17.2 Å². The highest BCUT2D eigenvalue weighted by Crippen LogP contribution is 2.23. The lowest BCUT2D eigenvalue weighted by molar-refractivity contribution is 0.320. The summed E-state index contributed by atoms with van der Waals surface area (Å²) in [6, 6.07) is 9.43. The van der Waals surface area contributed by atoms with Gasteiger partial charge >= 0.3 is 0 Å². The third kappa shape index (κ3) is 3.93. The van der Waals surface area contributed by atoms with Gasteiger partial charge in [-0.15, -0.1) is 0 Å². The molecule has 0 spiro atoms. The number of aliphatic hydroxyl groups is 1. The molecule has 0 aliphatic carbocycles. The van der Waals surface area contributed by atoms with Gasteiger partial charge < -0.3 is 9.84 Å². The number of para-hydroxylation sites is 1. The van der Waals surface area contributed by atoms with Gasteiger partial charge in [0.1, 0.15) is 11.8 Å². The maximum Gasteiger partial charge on any atom is 0.174 e. The summed E-state index contributed by atoms with van der Waals surface area (Å²) >= 11 is 0. The third-order valence-corrected chi connectivity index (χ3v) is 2.48. The van der Waals surface area contributed by atoms with Gasteiger partial charge in [-0.25, -0.2) is 0 Å². The quantitative estimate of drug-likeness (QED) is 0.847. The molecule has 1 rings (SSSR count). The van der Waals surface area contributed by atoms with Crippen molar-refractivity contribution in [1.29, 1.82) is 5.26 Å². The van der Waals surface area contributed by atoms with Crippen molar-refractivity contribution in [3.05, 3.63) is 35.4 Å². The molecule has 0 aliphatic heterocycles. The summed E-state index contributed by atoms with van der Waals surface area (Å²) in [5.74, 6) is 0.949. The molecular weight excluding hydrogens is 214 g/mol. The molecule has 3 nitrogen and oxygen atoms in total. The number of nitriles is 1. The number of benzene rings is 1. The Morgan fingerprint density at radius 1 is 1.47 bits per heavy atom. The van der Waals surface area contributed by atoms with Crippen molar-refractivity contribution in [3.8, 4) is 11.8 Å². The molecular formula is C14H17NO2. The highest BCUT2D eigenvalue weighted by molar-refractivity contribution is 5.60. The van der Waals surface area contributed by atoms with Crippen molar-refractivity contribution in [2.45, 2.75) is 13.8 Å². The van der Waals surface area contributed by atoms with Crippen LogP contribution < -0.4 is 4.74 Å². The average molecular weight is 231 g/mol. The Morgan fingerprint density at radius 3 is 2.76 bits per heavy atom. The minimum absolute atomic E-state index is 0.0288. The van der Waals surface area contributed by atoms with E-state index in [1.54, 1.807) is 0 Å². The van der Waals surface area contributed by atoms with Gasteiger partial charge in [-0.3, -0.25) is 0 Å². The van der Waals surface area contributed by atoms with E-state index >= 15 is 0 Å². The number of hydrogen-bond acceptors (Lipinski definition) is 3. The Hall–Kier alpha value is -1.79. The molecule has 0 aliphatic rings. The molecule has 0 fully saturated rings. The van der Waals surface area contributed by atoms with Crippen LogP contribution in [0.25, 0.3) is 6.08 Å². The first-order valence-corrected chi connectivity index (χ1v) is 5.59. The molecule has 0 radical (unpaired) electrons. The lowest BCUT2D eigenvalue weighted by Gasteiger charge is -2.10. The molecule has 0 bridgehead atoms. The van der Waals surface area contributed by atoms with Crippen molar-refractivity contribution in [2.75, 3.05) is 13.2 Å². The summed E-state index contributed by atoms with van der Waals surface area (Å²) in [6.07, 6.45) is 1.91. The van der Waals surface area contributed by atoms with Crippen molar-refractivity contribution in [2.24, 2.45) is 5.92 Å². The van der Waals surface area contributed by atoms with Gasteiger partial charge in [0.15, 0.2) is 6.61 Å². The fourth-order valence-electron chi connectivity index (χ4n) is 1.44. The van der Waals surface area contributed by atoms with Crippen LogP contribution >= 0.6 is 0 Å². The number of nitrogens with zero attached hydrogens (tertiary/aromatic N) is 1. The fraction of sp³-hybridized carbons (Fsp3) is 0.357. The van der Waals surface area contributed by atoms with E-state index in [1.165, 1.54) is 0 Å². The van der Waals surface area contributed by atoms with Crippen molar-refractivity contribution >= 4 is 6.08 Å². The summed E-state index contributed by atoms with van der Waals surface area (Å²) in [7, 11) is 0. The molecule has 0 atom stereocenters. The van der Waals surface area contributed by atoms with Gasteiger partial charge in [0.05, 0.1) is 6.61 Å². The summed E-state index contributed by atoms with van der Waals surface area (Å²) in [4.78, 5) is 0. The molecule has 1 N–H and O–H groups in total. The molecule has 1 aromatic carbocycles. The molecule has 0 saturated heterocycles. The summed E-state index contributed by atoms with van der Waals surface area (Å²) < 4.78 is 5.32. The van der Waals surface area contributed by atoms with E-state index in [2.05, 4.69) is 0 Å². The topological polar surface area (TPSA) is 53.2 Å². The Labute approximate surface area is 102 Å². The normalized spacial score (nSPS) is 11.4. The lowest BCUT2D eigenvalue weighted by Crippen LogP contribution is -2.00. The van der Waals surface area contributed by atoms with Gasteiger partial charge in [0.2, 0.25) is 0 Å². The smallest absolute Gasteiger partial charge is 0.174 e. The van der Waals surface area contributed by atoms with Crippen molar-refractivity contribution in [3.63, 3.8) is 0 Å². The van der Waals surface area contributed by atoms with E-state index in [1.807, 2.05) is 50.3 Å². The van der Waals surface area contributed by atoms with Crippen LogP contribution in [-0.2, 0) is 0 Å². The Balaban J connectivity index is 3.00. The van der Waals surface area contributed by atoms with Crippen LogP contribution in [0.2, 0.25) is 0 Å². The van der Waals surface area contributed by atoms with E-state index in [4.69, 9.17) is 10.00 Å². The Kier molecular flexibility index (Phi) is 5.25. The largest absolute Gasteiger partial charge is 0.478 e. The van der Waals surface area contributed by atoms with Gasteiger partial charge in [0, 0.05) is 5.56 Å². The fourth-order valence-corrected chi connectivity index (χ4v) is 1.44. The van der Waals surface area contributed by atoms with E-state index < -0.39 is 0 Å². The molecule has 0 amide bonds. The summed E-state index contributed by atoms with van der Waals surface area (Å²) in [5, 5.41) is 17.8. The van der Waals surface area contributed by atoms with Crippen LogP contribution in [0.3, 0.4) is 0 Å². The summed E-state index contributed by atoms with van der Waals surface area (Å²) in [5.41, 5.74) is 1.83. The van der Waals surface area contributed by atoms with Gasteiger partial charge in [-0.05, 0) is 23.6 Å². The van der Waals surface area contributed by atoms with Gasteiger partial charge in [0.25, 0.3) is 0 Å². The zero-order chi connectivity index (χ0) is 12.7.